The molecule has 0 radical (unpaired) electrons. The third-order valence-electron chi connectivity index (χ3n) is 16.8. The Morgan fingerprint density at radius 2 is 0.610 bits per heavy atom. The highest BCUT2D eigenvalue weighted by atomic mass is 16.8. The smallest absolute Gasteiger partial charge is 0.187 e. The molecule has 6 aliphatic rings. The average Bonchev–Trinajstić information content (AvgIpc) is 3.96. The Hall–Kier alpha value is -0.960. The summed E-state index contributed by atoms with van der Waals surface area (Å²) in [5, 5.41) is 150. The van der Waals surface area contributed by atoms with Crippen molar-refractivity contribution in [2.75, 3.05) is 52.9 Å². The Morgan fingerprint density at radius 1 is 0.325 bits per heavy atom. The quantitative estimate of drug-likeness (QED) is 0.0316. The molecule has 0 spiro atoms. The highest BCUT2D eigenvalue weighted by Crippen LogP contribution is 2.56. The van der Waals surface area contributed by atoms with E-state index in [2.05, 4.69) is 13.8 Å². The molecule has 24 heteroatoms. The standard InChI is InChI=1S/C53H96O24/c1-3-5-7-9-11-13-15-17-19-68-26-30-28-21-29(31(30)27-69-20-18-16-14-12-10-8-6-4-2)47(75-53-45(67)41(63)49(35(25-57)73-53)77-51-43(65)39(61)37(59)33(23-55)71-51)46(28)74-52-44(66)40(62)48(34(24-56)72-52)76-50-42(64)38(60)36(58)32(22-54)70-50/h28-67H,3-27H2,1-2H3/t28-,29?,30+,31?,32?,33?,34?,35?,36+,37+,38-,39-,40+,41+,42?,43?,44?,45?,46-,47?,48+,49+,50+,51+,52-,53-/m0/s1. The van der Waals surface area contributed by atoms with E-state index in [1.807, 2.05) is 0 Å². The van der Waals surface area contributed by atoms with Crippen LogP contribution in [0.2, 0.25) is 0 Å². The van der Waals surface area contributed by atoms with E-state index >= 15 is 0 Å². The lowest BCUT2D eigenvalue weighted by molar-refractivity contribution is -0.378. The number of rotatable bonds is 34. The van der Waals surface area contributed by atoms with Crippen molar-refractivity contribution in [1.29, 1.82) is 0 Å². The van der Waals surface area contributed by atoms with Gasteiger partial charge >= 0.3 is 0 Å². The third kappa shape index (κ3) is 16.7. The molecule has 452 valence electrons. The van der Waals surface area contributed by atoms with Crippen molar-refractivity contribution < 1.29 is 119 Å². The number of aliphatic hydroxyl groups is 14. The number of unbranched alkanes of at least 4 members (excludes halogenated alkanes) is 14. The molecule has 26 atom stereocenters. The summed E-state index contributed by atoms with van der Waals surface area (Å²) < 4.78 is 60.9. The SMILES string of the molecule is CCCCCCCCCCOCC1C2C[C@H]([C@H](O[C@@H]3OC(CO)[C@@H](O[C@H]4OC(CO)[C@@H](O)[C@H](O)C4O)[C@H](O)C3O)C2O[C@@H]2OC(CO)[C@@H](O[C@H]3OC(CO)[C@@H](O)[C@H](O)C3O)[C@H](O)C2O)[C@H]1COCCCCCCCCCC. The van der Waals surface area contributed by atoms with Gasteiger partial charge in [0.1, 0.15) is 97.7 Å². The Kier molecular flexibility index (Phi) is 27.7. The molecule has 6 rings (SSSR count). The molecule has 0 aromatic heterocycles. The van der Waals surface area contributed by atoms with Crippen LogP contribution >= 0.6 is 0 Å². The van der Waals surface area contributed by atoms with Gasteiger partial charge in [0.25, 0.3) is 0 Å². The zero-order valence-corrected chi connectivity index (χ0v) is 45.0. The summed E-state index contributed by atoms with van der Waals surface area (Å²) in [5.74, 6) is -1.21. The van der Waals surface area contributed by atoms with Crippen LogP contribution in [0, 0.1) is 23.7 Å². The lowest BCUT2D eigenvalue weighted by Crippen LogP contribution is -2.66. The largest absolute Gasteiger partial charge is 0.394 e. The van der Waals surface area contributed by atoms with E-state index in [9.17, 15) is 71.5 Å². The second kappa shape index (κ2) is 32.8. The summed E-state index contributed by atoms with van der Waals surface area (Å²) in [7, 11) is 0. The van der Waals surface area contributed by atoms with E-state index in [-0.39, 0.29) is 11.8 Å². The highest BCUT2D eigenvalue weighted by molar-refractivity contribution is 5.09. The summed E-state index contributed by atoms with van der Waals surface area (Å²) in [6, 6.07) is 0. The molecule has 0 aromatic rings. The fourth-order valence-electron chi connectivity index (χ4n) is 12.2. The number of hydrogen-bond donors (Lipinski definition) is 14. The van der Waals surface area contributed by atoms with E-state index < -0.39 is 173 Å². The topological polar surface area (TPSA) is 376 Å². The zero-order valence-electron chi connectivity index (χ0n) is 45.0. The van der Waals surface area contributed by atoms with Crippen molar-refractivity contribution in [2.45, 2.75) is 258 Å². The first-order valence-electron chi connectivity index (χ1n) is 28.8. The molecule has 2 aliphatic carbocycles. The molecular formula is C53H96O24. The van der Waals surface area contributed by atoms with Gasteiger partial charge in [-0.1, -0.05) is 104 Å². The van der Waals surface area contributed by atoms with Crippen molar-refractivity contribution in [1.82, 2.24) is 0 Å². The Morgan fingerprint density at radius 3 is 0.935 bits per heavy atom. The lowest BCUT2D eigenvalue weighted by atomic mass is 9.76. The van der Waals surface area contributed by atoms with Crippen LogP contribution in [-0.4, -0.2) is 259 Å². The van der Waals surface area contributed by atoms with E-state index in [1.54, 1.807) is 0 Å². The van der Waals surface area contributed by atoms with Gasteiger partial charge in [-0.3, -0.25) is 0 Å². The lowest BCUT2D eigenvalue weighted by Gasteiger charge is -2.49. The molecule has 4 aliphatic heterocycles. The van der Waals surface area contributed by atoms with Gasteiger partial charge in [-0.2, -0.15) is 0 Å². The average molecular weight is 1120 g/mol. The molecule has 11 unspecified atom stereocenters. The van der Waals surface area contributed by atoms with Crippen LogP contribution in [0.4, 0.5) is 0 Å². The van der Waals surface area contributed by atoms with Gasteiger partial charge in [-0.15, -0.1) is 0 Å². The third-order valence-corrected chi connectivity index (χ3v) is 16.8. The number of hydrogen-bond acceptors (Lipinski definition) is 24. The second-order valence-electron chi connectivity index (χ2n) is 22.2. The molecule has 6 fully saturated rings. The van der Waals surface area contributed by atoms with Crippen LogP contribution in [0.25, 0.3) is 0 Å². The first kappa shape index (κ1) is 65.2. The molecule has 14 N–H and O–H groups in total. The van der Waals surface area contributed by atoms with Crippen LogP contribution in [0.3, 0.4) is 0 Å². The summed E-state index contributed by atoms with van der Waals surface area (Å²) in [6.07, 6.45) is -17.7. The molecule has 0 aromatic carbocycles. The fraction of sp³-hybridized carbons (Fsp3) is 1.00. The first-order chi connectivity index (χ1) is 37.1. The summed E-state index contributed by atoms with van der Waals surface area (Å²) in [4.78, 5) is 0. The van der Waals surface area contributed by atoms with Gasteiger partial charge in [-0.05, 0) is 42.9 Å². The van der Waals surface area contributed by atoms with Crippen LogP contribution in [0.15, 0.2) is 0 Å². The van der Waals surface area contributed by atoms with Crippen molar-refractivity contribution >= 4 is 0 Å². The van der Waals surface area contributed by atoms with Crippen molar-refractivity contribution in [2.24, 2.45) is 23.7 Å². The first-order valence-corrected chi connectivity index (χ1v) is 28.8. The van der Waals surface area contributed by atoms with E-state index in [1.165, 1.54) is 51.4 Å². The van der Waals surface area contributed by atoms with Crippen LogP contribution in [0.5, 0.6) is 0 Å². The highest BCUT2D eigenvalue weighted by Gasteiger charge is 2.63. The maximum absolute atomic E-state index is 11.7. The summed E-state index contributed by atoms with van der Waals surface area (Å²) in [5.41, 5.74) is 0. The number of fused-ring (bicyclic) bond motifs is 2. The van der Waals surface area contributed by atoms with E-state index in [0.29, 0.717) is 32.8 Å². The van der Waals surface area contributed by atoms with Crippen molar-refractivity contribution in [3.05, 3.63) is 0 Å². The minimum atomic E-state index is -1.90. The molecular weight excluding hydrogens is 1020 g/mol. The van der Waals surface area contributed by atoms with Gasteiger partial charge in [0.15, 0.2) is 25.2 Å². The number of aliphatic hydroxyl groups excluding tert-OH is 14. The predicted molar refractivity (Wildman–Crippen MR) is 268 cm³/mol. The maximum Gasteiger partial charge on any atom is 0.187 e. The fourth-order valence-corrected chi connectivity index (χ4v) is 12.2. The Bertz CT molecular complexity index is 1490. The van der Waals surface area contributed by atoms with Gasteiger partial charge in [0.05, 0.1) is 51.8 Å². The molecule has 2 bridgehead atoms. The second-order valence-corrected chi connectivity index (χ2v) is 22.2. The van der Waals surface area contributed by atoms with E-state index in [4.69, 9.17) is 47.4 Å². The summed E-state index contributed by atoms with van der Waals surface area (Å²) in [6.45, 7) is 2.87. The molecule has 0 amide bonds. The van der Waals surface area contributed by atoms with Gasteiger partial charge in [-0.25, -0.2) is 0 Å². The zero-order chi connectivity index (χ0) is 55.8. The maximum atomic E-state index is 11.7. The van der Waals surface area contributed by atoms with Crippen LogP contribution in [-0.2, 0) is 47.4 Å². The molecule has 24 nitrogen and oxygen atoms in total. The Balaban J connectivity index is 1.21. The van der Waals surface area contributed by atoms with Crippen LogP contribution in [0.1, 0.15) is 123 Å². The van der Waals surface area contributed by atoms with E-state index in [0.717, 1.165) is 51.4 Å². The normalized spacial score (nSPS) is 43.3. The van der Waals surface area contributed by atoms with Crippen molar-refractivity contribution in [3.8, 4) is 0 Å². The Labute approximate surface area is 452 Å². The van der Waals surface area contributed by atoms with Gasteiger partial charge in [0.2, 0.25) is 0 Å². The monoisotopic (exact) mass is 1120 g/mol. The molecule has 77 heavy (non-hydrogen) atoms. The number of ether oxygens (including phenoxy) is 10. The molecule has 2 saturated carbocycles. The predicted octanol–water partition coefficient (Wildman–Crippen LogP) is -1.80. The summed E-state index contributed by atoms with van der Waals surface area (Å²) >= 11 is 0. The van der Waals surface area contributed by atoms with Crippen molar-refractivity contribution in [3.63, 3.8) is 0 Å². The minimum absolute atomic E-state index is 0.205. The van der Waals surface area contributed by atoms with Gasteiger partial charge in [0, 0.05) is 13.2 Å². The molecule has 4 heterocycles. The van der Waals surface area contributed by atoms with Crippen LogP contribution < -0.4 is 0 Å². The minimum Gasteiger partial charge on any atom is -0.394 e. The molecule has 4 saturated heterocycles. The van der Waals surface area contributed by atoms with Gasteiger partial charge < -0.3 is 119 Å².